The van der Waals surface area contributed by atoms with E-state index in [-0.39, 0.29) is 5.97 Å². The van der Waals surface area contributed by atoms with Gasteiger partial charge in [-0.05, 0) is 30.9 Å². The summed E-state index contributed by atoms with van der Waals surface area (Å²) in [6.45, 7) is 2.62. The maximum atomic E-state index is 11.5. The summed E-state index contributed by atoms with van der Waals surface area (Å²) in [6, 6.07) is 5.49. The summed E-state index contributed by atoms with van der Waals surface area (Å²) < 4.78 is 10.2. The molecule has 0 atom stereocenters. The van der Waals surface area contributed by atoms with E-state index in [2.05, 4.69) is 0 Å². The average Bonchev–Trinajstić information content (AvgIpc) is 2.34. The molecule has 0 bridgehead atoms. The Balaban J connectivity index is 3.00. The van der Waals surface area contributed by atoms with Crippen molar-refractivity contribution in [1.82, 2.24) is 0 Å². The normalized spacial score (nSPS) is 9.94. The van der Waals surface area contributed by atoms with Crippen LogP contribution in [0.1, 0.15) is 23.7 Å². The molecule has 0 aliphatic rings. The third-order valence-electron chi connectivity index (χ3n) is 2.06. The van der Waals surface area contributed by atoms with Gasteiger partial charge in [0.15, 0.2) is 0 Å². The second kappa shape index (κ2) is 6.43. The number of ether oxygens (including phenoxy) is 2. The van der Waals surface area contributed by atoms with Gasteiger partial charge in [-0.1, -0.05) is 6.92 Å². The highest BCUT2D eigenvalue weighted by Gasteiger charge is 2.13. The number of carbonyl (C=O) groups excluding carboxylic acids is 1. The summed E-state index contributed by atoms with van der Waals surface area (Å²) in [5, 5.41) is 0. The molecular weight excluding hydrogens is 224 g/mol. The molecule has 0 unspecified atom stereocenters. The van der Waals surface area contributed by atoms with Gasteiger partial charge in [-0.15, -0.1) is 11.8 Å². The third-order valence-corrected chi connectivity index (χ3v) is 2.78. The van der Waals surface area contributed by atoms with Gasteiger partial charge in [-0.3, -0.25) is 0 Å². The van der Waals surface area contributed by atoms with E-state index in [9.17, 15) is 4.79 Å². The van der Waals surface area contributed by atoms with E-state index in [1.165, 1.54) is 7.11 Å². The van der Waals surface area contributed by atoms with E-state index in [1.807, 2.05) is 25.3 Å². The van der Waals surface area contributed by atoms with Crippen molar-refractivity contribution in [3.05, 3.63) is 23.8 Å². The van der Waals surface area contributed by atoms with Gasteiger partial charge in [0.05, 0.1) is 13.7 Å². The highest BCUT2D eigenvalue weighted by atomic mass is 32.2. The Morgan fingerprint density at radius 1 is 1.44 bits per heavy atom. The van der Waals surface area contributed by atoms with Crippen molar-refractivity contribution >= 4 is 17.7 Å². The van der Waals surface area contributed by atoms with Crippen molar-refractivity contribution in [2.75, 3.05) is 20.0 Å². The van der Waals surface area contributed by atoms with Crippen LogP contribution in [-0.2, 0) is 4.74 Å². The summed E-state index contributed by atoms with van der Waals surface area (Å²) >= 11 is 1.61. The molecule has 0 radical (unpaired) electrons. The van der Waals surface area contributed by atoms with Crippen molar-refractivity contribution in [1.29, 1.82) is 0 Å². The van der Waals surface area contributed by atoms with Gasteiger partial charge >= 0.3 is 5.97 Å². The first-order chi connectivity index (χ1) is 7.72. The molecule has 0 saturated heterocycles. The molecule has 0 aliphatic heterocycles. The van der Waals surface area contributed by atoms with E-state index in [1.54, 1.807) is 17.8 Å². The topological polar surface area (TPSA) is 35.5 Å². The quantitative estimate of drug-likeness (QED) is 0.585. The summed E-state index contributed by atoms with van der Waals surface area (Å²) in [4.78, 5) is 12.6. The van der Waals surface area contributed by atoms with E-state index >= 15 is 0 Å². The number of hydrogen-bond donors (Lipinski definition) is 0. The standard InChI is InChI=1S/C12H16O3S/c1-4-7-15-11-8-9(16-3)5-6-10(11)12(13)14-2/h5-6,8H,4,7H2,1-3H3. The zero-order chi connectivity index (χ0) is 12.0. The Morgan fingerprint density at radius 2 is 2.19 bits per heavy atom. The van der Waals surface area contributed by atoms with Crippen LogP contribution in [0.4, 0.5) is 0 Å². The van der Waals surface area contributed by atoms with Crippen LogP contribution < -0.4 is 4.74 Å². The molecule has 0 amide bonds. The fourth-order valence-corrected chi connectivity index (χ4v) is 1.67. The van der Waals surface area contributed by atoms with E-state index < -0.39 is 0 Å². The molecule has 0 aliphatic carbocycles. The van der Waals surface area contributed by atoms with Crippen LogP contribution in [0.2, 0.25) is 0 Å². The molecule has 1 rings (SSSR count). The number of thioether (sulfide) groups is 1. The van der Waals surface area contributed by atoms with Gasteiger partial charge in [-0.2, -0.15) is 0 Å². The number of benzene rings is 1. The number of hydrogen-bond acceptors (Lipinski definition) is 4. The molecule has 0 fully saturated rings. The van der Waals surface area contributed by atoms with Gasteiger partial charge in [0.25, 0.3) is 0 Å². The van der Waals surface area contributed by atoms with Gasteiger partial charge in [0.1, 0.15) is 11.3 Å². The van der Waals surface area contributed by atoms with E-state index in [0.717, 1.165) is 11.3 Å². The first-order valence-electron chi connectivity index (χ1n) is 5.12. The Morgan fingerprint density at radius 3 is 2.75 bits per heavy atom. The lowest BCUT2D eigenvalue weighted by Gasteiger charge is -2.10. The maximum absolute atomic E-state index is 11.5. The van der Waals surface area contributed by atoms with Gasteiger partial charge in [-0.25, -0.2) is 4.79 Å². The van der Waals surface area contributed by atoms with E-state index in [0.29, 0.717) is 17.9 Å². The summed E-state index contributed by atoms with van der Waals surface area (Å²) in [5.41, 5.74) is 0.480. The molecule has 0 heterocycles. The SMILES string of the molecule is CCCOc1cc(SC)ccc1C(=O)OC. The van der Waals surface area contributed by atoms with Crippen molar-refractivity contribution in [2.24, 2.45) is 0 Å². The molecule has 0 saturated carbocycles. The fraction of sp³-hybridized carbons (Fsp3) is 0.417. The van der Waals surface area contributed by atoms with Crippen molar-refractivity contribution in [3.8, 4) is 5.75 Å². The second-order valence-corrected chi connectivity index (χ2v) is 4.08. The number of methoxy groups -OCH3 is 1. The van der Waals surface area contributed by atoms with Gasteiger partial charge in [0.2, 0.25) is 0 Å². The zero-order valence-corrected chi connectivity index (χ0v) is 10.6. The van der Waals surface area contributed by atoms with Gasteiger partial charge < -0.3 is 9.47 Å². The smallest absolute Gasteiger partial charge is 0.341 e. The lowest BCUT2D eigenvalue weighted by Crippen LogP contribution is -2.06. The fourth-order valence-electron chi connectivity index (χ4n) is 1.24. The molecule has 1 aromatic carbocycles. The lowest BCUT2D eigenvalue weighted by molar-refractivity contribution is 0.0596. The minimum Gasteiger partial charge on any atom is -0.493 e. The Kier molecular flexibility index (Phi) is 5.19. The van der Waals surface area contributed by atoms with Crippen molar-refractivity contribution < 1.29 is 14.3 Å². The Labute approximate surface area is 100 Å². The average molecular weight is 240 g/mol. The minimum atomic E-state index is -0.362. The molecule has 0 aromatic heterocycles. The lowest BCUT2D eigenvalue weighted by atomic mass is 10.2. The van der Waals surface area contributed by atoms with Gasteiger partial charge in [0, 0.05) is 4.90 Å². The first kappa shape index (κ1) is 12.9. The predicted molar refractivity (Wildman–Crippen MR) is 65.3 cm³/mol. The predicted octanol–water partition coefficient (Wildman–Crippen LogP) is 2.98. The van der Waals surface area contributed by atoms with Crippen LogP contribution >= 0.6 is 11.8 Å². The van der Waals surface area contributed by atoms with Crippen LogP contribution in [-0.4, -0.2) is 25.9 Å². The first-order valence-corrected chi connectivity index (χ1v) is 6.34. The molecule has 4 heteroatoms. The highest BCUT2D eigenvalue weighted by molar-refractivity contribution is 7.98. The zero-order valence-electron chi connectivity index (χ0n) is 9.78. The maximum Gasteiger partial charge on any atom is 0.341 e. The molecule has 3 nitrogen and oxygen atoms in total. The monoisotopic (exact) mass is 240 g/mol. The molecule has 0 N–H and O–H groups in total. The number of carbonyl (C=O) groups is 1. The van der Waals surface area contributed by atoms with E-state index in [4.69, 9.17) is 9.47 Å². The van der Waals surface area contributed by atoms with Crippen LogP contribution in [0.15, 0.2) is 23.1 Å². The minimum absolute atomic E-state index is 0.362. The van der Waals surface area contributed by atoms with Crippen molar-refractivity contribution in [3.63, 3.8) is 0 Å². The molecule has 16 heavy (non-hydrogen) atoms. The Bertz CT molecular complexity index is 363. The largest absolute Gasteiger partial charge is 0.493 e. The number of rotatable bonds is 5. The van der Waals surface area contributed by atoms with Crippen molar-refractivity contribution in [2.45, 2.75) is 18.2 Å². The third kappa shape index (κ3) is 3.17. The molecular formula is C12H16O3S. The van der Waals surface area contributed by atoms with Crippen LogP contribution in [0.5, 0.6) is 5.75 Å². The highest BCUT2D eigenvalue weighted by Crippen LogP contribution is 2.26. The van der Waals surface area contributed by atoms with Crippen LogP contribution in [0, 0.1) is 0 Å². The summed E-state index contributed by atoms with van der Waals surface area (Å²) in [5.74, 6) is 0.235. The Hall–Kier alpha value is -1.16. The summed E-state index contributed by atoms with van der Waals surface area (Å²) in [7, 11) is 1.37. The molecule has 88 valence electrons. The molecule has 0 spiro atoms. The van der Waals surface area contributed by atoms with Crippen LogP contribution in [0.3, 0.4) is 0 Å². The van der Waals surface area contributed by atoms with Crippen LogP contribution in [0.25, 0.3) is 0 Å². The molecule has 1 aromatic rings. The number of esters is 1. The second-order valence-electron chi connectivity index (χ2n) is 3.20. The summed E-state index contributed by atoms with van der Waals surface area (Å²) in [6.07, 6.45) is 2.89.